The Bertz CT molecular complexity index is 975. The number of pyridine rings is 1. The lowest BCUT2D eigenvalue weighted by atomic mass is 10.1. The Hall–Kier alpha value is -3.40. The Labute approximate surface area is 151 Å². The zero-order valence-corrected chi connectivity index (χ0v) is 14.5. The summed E-state index contributed by atoms with van der Waals surface area (Å²) < 4.78 is 5.17. The first-order chi connectivity index (χ1) is 12.8. The molecule has 0 aliphatic carbocycles. The molecule has 3 heterocycles. The van der Waals surface area contributed by atoms with Crippen molar-refractivity contribution in [2.24, 2.45) is 0 Å². The first kappa shape index (κ1) is 16.1. The largest absolute Gasteiger partial charge is 0.481 e. The van der Waals surface area contributed by atoms with E-state index in [1.54, 1.807) is 19.4 Å². The second-order valence-corrected chi connectivity index (χ2v) is 6.04. The average Bonchev–Trinajstić information content (AvgIpc) is 2.73. The van der Waals surface area contributed by atoms with Gasteiger partial charge < -0.3 is 14.5 Å². The van der Waals surface area contributed by atoms with E-state index in [1.165, 1.54) is 0 Å². The van der Waals surface area contributed by atoms with Crippen LogP contribution in [0, 0.1) is 11.3 Å². The molecule has 1 aromatic carbocycles. The molecule has 2 aromatic heterocycles. The van der Waals surface area contributed by atoms with Crippen LogP contribution >= 0.6 is 0 Å². The number of anilines is 2. The van der Waals surface area contributed by atoms with Crippen molar-refractivity contribution in [2.75, 3.05) is 43.1 Å². The molecule has 1 saturated heterocycles. The van der Waals surface area contributed by atoms with Gasteiger partial charge >= 0.3 is 0 Å². The highest BCUT2D eigenvalue weighted by atomic mass is 16.5. The summed E-state index contributed by atoms with van der Waals surface area (Å²) in [6.45, 7) is 3.01. The number of methoxy groups -OCH3 is 1. The second kappa shape index (κ2) is 6.84. The van der Waals surface area contributed by atoms with Crippen molar-refractivity contribution in [3.8, 4) is 11.9 Å². The Morgan fingerprint density at radius 2 is 1.81 bits per heavy atom. The topological polar surface area (TPSA) is 78.2 Å². The Balaban J connectivity index is 1.56. The lowest BCUT2D eigenvalue weighted by molar-refractivity contribution is 0.396. The van der Waals surface area contributed by atoms with Crippen molar-refractivity contribution < 1.29 is 4.74 Å². The molecule has 0 unspecified atom stereocenters. The smallest absolute Gasteiger partial charge is 0.228 e. The van der Waals surface area contributed by atoms with Crippen LogP contribution in [0.2, 0.25) is 0 Å². The molecule has 0 spiro atoms. The number of nitriles is 1. The summed E-state index contributed by atoms with van der Waals surface area (Å²) in [6, 6.07) is 13.8. The van der Waals surface area contributed by atoms with E-state index in [9.17, 15) is 5.26 Å². The van der Waals surface area contributed by atoms with Gasteiger partial charge in [0.05, 0.1) is 18.2 Å². The standard InChI is InChI=1S/C19H18N6O/c1-26-17-6-7-21-19(23-17)25-10-8-24(9-11-25)18-15(13-20)12-14-4-2-3-5-16(14)22-18/h2-7,12H,8-11H2,1H3. The molecule has 130 valence electrons. The van der Waals surface area contributed by atoms with E-state index in [4.69, 9.17) is 9.72 Å². The van der Waals surface area contributed by atoms with Crippen molar-refractivity contribution in [3.63, 3.8) is 0 Å². The number of piperazine rings is 1. The van der Waals surface area contributed by atoms with E-state index in [-0.39, 0.29) is 0 Å². The third-order valence-electron chi connectivity index (χ3n) is 4.51. The molecule has 3 aromatic rings. The van der Waals surface area contributed by atoms with Gasteiger partial charge in [-0.1, -0.05) is 18.2 Å². The first-order valence-electron chi connectivity index (χ1n) is 8.45. The molecular formula is C19H18N6O. The van der Waals surface area contributed by atoms with Crippen molar-refractivity contribution in [1.29, 1.82) is 5.26 Å². The lowest BCUT2D eigenvalue weighted by Crippen LogP contribution is -2.47. The fourth-order valence-electron chi connectivity index (χ4n) is 3.15. The minimum absolute atomic E-state index is 0.556. The summed E-state index contributed by atoms with van der Waals surface area (Å²) in [4.78, 5) is 17.7. The van der Waals surface area contributed by atoms with Crippen LogP contribution in [0.4, 0.5) is 11.8 Å². The molecule has 1 fully saturated rings. The van der Waals surface area contributed by atoms with Gasteiger partial charge in [-0.25, -0.2) is 9.97 Å². The molecule has 1 aliphatic heterocycles. The van der Waals surface area contributed by atoms with Gasteiger partial charge in [-0.05, 0) is 12.1 Å². The van der Waals surface area contributed by atoms with E-state index in [2.05, 4.69) is 25.8 Å². The van der Waals surface area contributed by atoms with Gasteiger partial charge in [0.25, 0.3) is 0 Å². The SMILES string of the molecule is COc1ccnc(N2CCN(c3nc4ccccc4cc3C#N)CC2)n1. The van der Waals surface area contributed by atoms with Crippen molar-refractivity contribution in [3.05, 3.63) is 48.2 Å². The van der Waals surface area contributed by atoms with Crippen LogP contribution in [0.3, 0.4) is 0 Å². The van der Waals surface area contributed by atoms with Crippen LogP contribution in [0.25, 0.3) is 10.9 Å². The molecule has 7 heteroatoms. The molecule has 26 heavy (non-hydrogen) atoms. The maximum Gasteiger partial charge on any atom is 0.228 e. The predicted molar refractivity (Wildman–Crippen MR) is 99.5 cm³/mol. The molecule has 1 aliphatic rings. The normalized spacial score (nSPS) is 14.3. The molecule has 0 N–H and O–H groups in total. The second-order valence-electron chi connectivity index (χ2n) is 6.04. The summed E-state index contributed by atoms with van der Waals surface area (Å²) >= 11 is 0. The van der Waals surface area contributed by atoms with Crippen molar-refractivity contribution >= 4 is 22.7 Å². The number of benzene rings is 1. The van der Waals surface area contributed by atoms with Crippen LogP contribution in [0.1, 0.15) is 5.56 Å². The van der Waals surface area contributed by atoms with E-state index >= 15 is 0 Å². The van der Waals surface area contributed by atoms with Gasteiger partial charge in [0.15, 0.2) is 0 Å². The number of nitrogens with zero attached hydrogens (tertiary/aromatic N) is 6. The number of ether oxygens (including phenoxy) is 1. The van der Waals surface area contributed by atoms with Crippen LogP contribution in [0.5, 0.6) is 5.88 Å². The molecular weight excluding hydrogens is 328 g/mol. The molecule has 0 bridgehead atoms. The van der Waals surface area contributed by atoms with E-state index < -0.39 is 0 Å². The molecule has 4 rings (SSSR count). The number of fused-ring (bicyclic) bond motifs is 1. The van der Waals surface area contributed by atoms with Gasteiger partial charge in [-0.15, -0.1) is 0 Å². The summed E-state index contributed by atoms with van der Waals surface area (Å²) in [5.41, 5.74) is 1.51. The lowest BCUT2D eigenvalue weighted by Gasteiger charge is -2.35. The fourth-order valence-corrected chi connectivity index (χ4v) is 3.15. The number of rotatable bonds is 3. The summed E-state index contributed by atoms with van der Waals surface area (Å²) in [5, 5.41) is 10.5. The third kappa shape index (κ3) is 2.97. The van der Waals surface area contributed by atoms with Crippen LogP contribution < -0.4 is 14.5 Å². The van der Waals surface area contributed by atoms with Gasteiger partial charge in [0.1, 0.15) is 11.9 Å². The zero-order valence-electron chi connectivity index (χ0n) is 14.5. The number of hydrogen-bond acceptors (Lipinski definition) is 7. The fraction of sp³-hybridized carbons (Fsp3) is 0.263. The number of hydrogen-bond donors (Lipinski definition) is 0. The minimum atomic E-state index is 0.556. The van der Waals surface area contributed by atoms with Gasteiger partial charge in [0.2, 0.25) is 11.8 Å². The van der Waals surface area contributed by atoms with Crippen molar-refractivity contribution in [1.82, 2.24) is 15.0 Å². The maximum atomic E-state index is 9.54. The van der Waals surface area contributed by atoms with Crippen LogP contribution in [-0.2, 0) is 0 Å². The summed E-state index contributed by atoms with van der Waals surface area (Å²) in [6.07, 6.45) is 1.70. The molecule has 0 radical (unpaired) electrons. The van der Waals surface area contributed by atoms with Crippen LogP contribution in [-0.4, -0.2) is 48.2 Å². The number of para-hydroxylation sites is 1. The Morgan fingerprint density at radius 3 is 2.58 bits per heavy atom. The highest BCUT2D eigenvalue weighted by Gasteiger charge is 2.22. The monoisotopic (exact) mass is 346 g/mol. The van der Waals surface area contributed by atoms with Gasteiger partial charge in [0, 0.05) is 43.8 Å². The summed E-state index contributed by atoms with van der Waals surface area (Å²) in [5.74, 6) is 1.97. The predicted octanol–water partition coefficient (Wildman–Crippen LogP) is 2.23. The highest BCUT2D eigenvalue weighted by Crippen LogP contribution is 2.25. The van der Waals surface area contributed by atoms with Crippen molar-refractivity contribution in [2.45, 2.75) is 0 Å². The maximum absolute atomic E-state index is 9.54. The van der Waals surface area contributed by atoms with Crippen LogP contribution in [0.15, 0.2) is 42.6 Å². The minimum Gasteiger partial charge on any atom is -0.481 e. The first-order valence-corrected chi connectivity index (χ1v) is 8.45. The molecule has 7 nitrogen and oxygen atoms in total. The number of aromatic nitrogens is 3. The van der Waals surface area contributed by atoms with E-state index in [1.807, 2.05) is 30.3 Å². The zero-order chi connectivity index (χ0) is 17.9. The molecule has 0 amide bonds. The summed E-state index contributed by atoms with van der Waals surface area (Å²) in [7, 11) is 1.60. The van der Waals surface area contributed by atoms with Gasteiger partial charge in [-0.2, -0.15) is 10.2 Å². The quantitative estimate of drug-likeness (QED) is 0.719. The van der Waals surface area contributed by atoms with E-state index in [0.29, 0.717) is 17.4 Å². The average molecular weight is 346 g/mol. The molecule has 0 saturated carbocycles. The molecule has 0 atom stereocenters. The van der Waals surface area contributed by atoms with Gasteiger partial charge in [-0.3, -0.25) is 0 Å². The Kier molecular flexibility index (Phi) is 4.23. The Morgan fingerprint density at radius 1 is 1.04 bits per heavy atom. The van der Waals surface area contributed by atoms with E-state index in [0.717, 1.165) is 42.9 Å². The highest BCUT2D eigenvalue weighted by molar-refractivity contribution is 5.83. The third-order valence-corrected chi connectivity index (χ3v) is 4.51.